The van der Waals surface area contributed by atoms with Gasteiger partial charge in [-0.3, -0.25) is 9.80 Å². The quantitative estimate of drug-likeness (QED) is 0.464. The molecule has 0 aromatic heterocycles. The number of ether oxygens (including phenoxy) is 1. The highest BCUT2D eigenvalue weighted by Crippen LogP contribution is 2.48. The molecule has 1 aliphatic carbocycles. The molecule has 7 nitrogen and oxygen atoms in total. The van der Waals surface area contributed by atoms with Gasteiger partial charge in [-0.05, 0) is 88.9 Å². The van der Waals surface area contributed by atoms with Crippen molar-refractivity contribution in [2.75, 3.05) is 40.0 Å². The van der Waals surface area contributed by atoms with Crippen LogP contribution in [0.15, 0.2) is 47.7 Å². The number of fused-ring (bicyclic) bond motifs is 1. The Morgan fingerprint density at radius 3 is 2.49 bits per heavy atom. The lowest BCUT2D eigenvalue weighted by atomic mass is 9.70. The van der Waals surface area contributed by atoms with Crippen molar-refractivity contribution in [3.05, 3.63) is 47.7 Å². The highest BCUT2D eigenvalue weighted by molar-refractivity contribution is 5.51. The molecule has 0 aromatic rings. The Morgan fingerprint density at radius 1 is 1.07 bits per heavy atom. The topological polar surface area (TPSA) is 46.3 Å². The van der Waals surface area contributed by atoms with Crippen molar-refractivity contribution in [3.8, 4) is 0 Å². The Balaban J connectivity index is 1.26. The van der Waals surface area contributed by atoms with Crippen molar-refractivity contribution in [3.63, 3.8) is 0 Å². The fraction of sp³-hybridized carbons (Fsp3) is 0.742. The van der Waals surface area contributed by atoms with Crippen LogP contribution in [0.4, 0.5) is 13.2 Å². The van der Waals surface area contributed by atoms with Gasteiger partial charge in [0.25, 0.3) is 0 Å². The number of likely N-dealkylation sites (tertiary alicyclic amines) is 1. The van der Waals surface area contributed by atoms with E-state index in [1.807, 2.05) is 6.20 Å². The highest BCUT2D eigenvalue weighted by Gasteiger charge is 2.48. The van der Waals surface area contributed by atoms with E-state index in [4.69, 9.17) is 4.74 Å². The number of nitrogens with zero attached hydrogens (tertiary/aromatic N) is 4. The van der Waals surface area contributed by atoms with Crippen molar-refractivity contribution in [2.24, 2.45) is 23.7 Å². The number of nitrogens with one attached hydrogen (secondary N) is 2. The van der Waals surface area contributed by atoms with Crippen LogP contribution in [0.5, 0.6) is 0 Å². The van der Waals surface area contributed by atoms with E-state index in [9.17, 15) is 13.2 Å². The van der Waals surface area contributed by atoms with Crippen LogP contribution in [-0.2, 0) is 4.74 Å². The van der Waals surface area contributed by atoms with E-state index in [1.54, 1.807) is 11.1 Å². The first-order valence-electron chi connectivity index (χ1n) is 15.5. The molecule has 1 saturated carbocycles. The molecule has 0 radical (unpaired) electrons. The summed E-state index contributed by atoms with van der Waals surface area (Å²) < 4.78 is 49.4. The third kappa shape index (κ3) is 5.39. The van der Waals surface area contributed by atoms with Gasteiger partial charge in [0.15, 0.2) is 0 Å². The largest absolute Gasteiger partial charge is 0.418 e. The van der Waals surface area contributed by atoms with Crippen molar-refractivity contribution in [1.82, 2.24) is 30.5 Å². The molecule has 228 valence electrons. The number of rotatable bonds is 6. The number of allylic oxidation sites excluding steroid dienone is 1. The number of alkyl halides is 3. The highest BCUT2D eigenvalue weighted by atomic mass is 19.4. The molecule has 5 aliphatic heterocycles. The Hall–Kier alpha value is -1.85. The number of piperidine rings is 1. The molecule has 2 N–H and O–H groups in total. The second-order valence-electron chi connectivity index (χ2n) is 13.7. The summed E-state index contributed by atoms with van der Waals surface area (Å²) >= 11 is 0. The van der Waals surface area contributed by atoms with Crippen LogP contribution >= 0.6 is 0 Å². The lowest BCUT2D eigenvalue weighted by Gasteiger charge is -2.47. The third-order valence-corrected chi connectivity index (χ3v) is 10.7. The van der Waals surface area contributed by atoms with Gasteiger partial charge in [0.2, 0.25) is 0 Å². The minimum Gasteiger partial charge on any atom is -0.381 e. The summed E-state index contributed by atoms with van der Waals surface area (Å²) in [6.07, 6.45) is 7.11. The maximum Gasteiger partial charge on any atom is 0.418 e. The van der Waals surface area contributed by atoms with Crippen LogP contribution in [0.3, 0.4) is 0 Å². The first-order valence-corrected chi connectivity index (χ1v) is 15.5. The zero-order chi connectivity index (χ0) is 29.1. The molecular formula is C31H47F3N6O. The zero-order valence-corrected chi connectivity index (χ0v) is 25.0. The van der Waals surface area contributed by atoms with E-state index in [-0.39, 0.29) is 17.9 Å². The van der Waals surface area contributed by atoms with E-state index in [0.717, 1.165) is 65.1 Å². The second kappa shape index (κ2) is 11.0. The summed E-state index contributed by atoms with van der Waals surface area (Å²) in [6.45, 7) is 14.9. The lowest BCUT2D eigenvalue weighted by Crippen LogP contribution is -2.53. The Labute approximate surface area is 243 Å². The number of halogens is 3. The maximum absolute atomic E-state index is 14.6. The van der Waals surface area contributed by atoms with Crippen molar-refractivity contribution < 1.29 is 17.9 Å². The van der Waals surface area contributed by atoms with E-state index in [1.165, 1.54) is 12.5 Å². The second-order valence-corrected chi connectivity index (χ2v) is 13.7. The first kappa shape index (κ1) is 29.2. The Bertz CT molecular complexity index is 1110. The fourth-order valence-electron chi connectivity index (χ4n) is 8.09. The normalized spacial score (nSPS) is 33.3. The number of hydrazine groups is 1. The fourth-order valence-corrected chi connectivity index (χ4v) is 8.09. The SMILES string of the molecule is C=C1N2C=C(C(C)(C)N3CCCC(C)C3)C=C(C(F)(F)F)C2=CN1C1CCCC(C(C2COC2)C2NNCN2C)C1. The monoisotopic (exact) mass is 576 g/mol. The van der Waals surface area contributed by atoms with Gasteiger partial charge >= 0.3 is 6.18 Å². The molecule has 5 unspecified atom stereocenters. The third-order valence-electron chi connectivity index (χ3n) is 10.7. The smallest absolute Gasteiger partial charge is 0.381 e. The van der Waals surface area contributed by atoms with Gasteiger partial charge in [-0.15, -0.1) is 0 Å². The molecule has 0 amide bonds. The van der Waals surface area contributed by atoms with Crippen LogP contribution < -0.4 is 10.9 Å². The average Bonchev–Trinajstić information content (AvgIpc) is 3.47. The number of hydrogen-bond acceptors (Lipinski definition) is 7. The van der Waals surface area contributed by atoms with Crippen molar-refractivity contribution in [2.45, 2.75) is 83.2 Å². The van der Waals surface area contributed by atoms with E-state index in [0.29, 0.717) is 35.1 Å². The molecule has 3 saturated heterocycles. The zero-order valence-electron chi connectivity index (χ0n) is 25.0. The van der Waals surface area contributed by atoms with E-state index >= 15 is 0 Å². The van der Waals surface area contributed by atoms with E-state index in [2.05, 4.69) is 59.9 Å². The van der Waals surface area contributed by atoms with Gasteiger partial charge in [-0.25, -0.2) is 10.9 Å². The molecule has 0 spiro atoms. The molecule has 5 atom stereocenters. The predicted octanol–water partition coefficient (Wildman–Crippen LogP) is 4.96. The summed E-state index contributed by atoms with van der Waals surface area (Å²) in [7, 11) is 2.14. The minimum atomic E-state index is -4.46. The predicted molar refractivity (Wildman–Crippen MR) is 153 cm³/mol. The summed E-state index contributed by atoms with van der Waals surface area (Å²) in [5.74, 6) is 2.53. The molecule has 6 rings (SSSR count). The molecule has 0 bridgehead atoms. The number of hydrogen-bond donors (Lipinski definition) is 2. The van der Waals surface area contributed by atoms with Crippen LogP contribution in [0.2, 0.25) is 0 Å². The van der Waals surface area contributed by atoms with Gasteiger partial charge in [0.05, 0.1) is 37.3 Å². The molecule has 10 heteroatoms. The molecule has 4 fully saturated rings. The van der Waals surface area contributed by atoms with Gasteiger partial charge in [0, 0.05) is 36.4 Å². The average molecular weight is 577 g/mol. The van der Waals surface area contributed by atoms with Gasteiger partial charge < -0.3 is 14.5 Å². The molecule has 6 aliphatic rings. The summed E-state index contributed by atoms with van der Waals surface area (Å²) in [4.78, 5) is 8.43. The van der Waals surface area contributed by atoms with Crippen molar-refractivity contribution >= 4 is 0 Å². The lowest BCUT2D eigenvalue weighted by molar-refractivity contribution is -0.0982. The van der Waals surface area contributed by atoms with Crippen LogP contribution in [0.25, 0.3) is 0 Å². The minimum absolute atomic E-state index is 0.116. The summed E-state index contributed by atoms with van der Waals surface area (Å²) in [5, 5.41) is 0. The van der Waals surface area contributed by atoms with E-state index < -0.39 is 17.3 Å². The standard InChI is InChI=1S/C31H47F3N6O/c1-20-8-7-11-38(14-20)30(3,4)24-13-26(31(32,33)34)27-16-39(21(2)40(27)15-24)25-10-6-9-22(12-25)28(23-17-41-18-23)29-36-35-19-37(29)5/h13,15-16,20,22-23,25,28-29,35-36H,2,6-12,14,17-19H2,1,3-5H3. The molecular weight excluding hydrogens is 529 g/mol. The Morgan fingerprint density at radius 2 is 1.85 bits per heavy atom. The van der Waals surface area contributed by atoms with Gasteiger partial charge in [-0.2, -0.15) is 13.2 Å². The van der Waals surface area contributed by atoms with Crippen molar-refractivity contribution in [1.29, 1.82) is 0 Å². The van der Waals surface area contributed by atoms with Crippen LogP contribution in [0, 0.1) is 23.7 Å². The molecule has 0 aromatic carbocycles. The van der Waals surface area contributed by atoms with Crippen LogP contribution in [0.1, 0.15) is 59.3 Å². The Kier molecular flexibility index (Phi) is 7.85. The molecule has 5 heterocycles. The van der Waals surface area contributed by atoms with Crippen LogP contribution in [-0.4, -0.2) is 83.5 Å². The van der Waals surface area contributed by atoms with Gasteiger partial charge in [-0.1, -0.05) is 19.9 Å². The maximum atomic E-state index is 14.6. The first-order chi connectivity index (χ1) is 19.4. The summed E-state index contributed by atoms with van der Waals surface area (Å²) in [6, 6.07) is 0.116. The summed E-state index contributed by atoms with van der Waals surface area (Å²) in [5.41, 5.74) is 6.56. The van der Waals surface area contributed by atoms with Gasteiger partial charge in [0.1, 0.15) is 5.82 Å². The molecule has 41 heavy (non-hydrogen) atoms.